The quantitative estimate of drug-likeness (QED) is 0.0659. The van der Waals surface area contributed by atoms with Crippen LogP contribution in [0.15, 0.2) is 217 Å². The van der Waals surface area contributed by atoms with Crippen molar-refractivity contribution in [2.75, 3.05) is 13.2 Å². The Kier molecular flexibility index (Phi) is 17.2. The average molecular weight is 1060 g/mol. The van der Waals surface area contributed by atoms with Crippen LogP contribution in [-0.2, 0) is 47.4 Å². The van der Waals surface area contributed by atoms with Gasteiger partial charge in [0.05, 0.1) is 34.4 Å². The second-order valence-electron chi connectivity index (χ2n) is 18.1. The molecule has 0 N–H and O–H groups in total. The number of ether oxygens (including phenoxy) is 10. The molecule has 3 saturated heterocycles. The van der Waals surface area contributed by atoms with Crippen LogP contribution in [0.1, 0.15) is 70.1 Å². The zero-order valence-electron chi connectivity index (χ0n) is 41.2. The van der Waals surface area contributed by atoms with Crippen LogP contribution >= 0.6 is 11.8 Å². The van der Waals surface area contributed by atoms with Crippen LogP contribution < -0.4 is 0 Å². The van der Waals surface area contributed by atoms with Crippen LogP contribution in [0.5, 0.6) is 0 Å². The van der Waals surface area contributed by atoms with Crippen molar-refractivity contribution in [2.45, 2.75) is 78.2 Å². The maximum Gasteiger partial charge on any atom is 0.338 e. The lowest BCUT2D eigenvalue weighted by molar-refractivity contribution is -0.370. The Balaban J connectivity index is 1.09. The van der Waals surface area contributed by atoms with Gasteiger partial charge in [0.15, 0.2) is 24.8 Å². The molecule has 0 amide bonds. The zero-order valence-corrected chi connectivity index (χ0v) is 42.0. The van der Waals surface area contributed by atoms with Gasteiger partial charge in [-0.3, -0.25) is 0 Å². The summed E-state index contributed by atoms with van der Waals surface area (Å²) in [7, 11) is 0. The molecule has 7 unspecified atom stereocenters. The van der Waals surface area contributed by atoms with Gasteiger partial charge in [-0.1, -0.05) is 151 Å². The number of carbonyl (C=O) groups is 5. The molecule has 15 nitrogen and oxygen atoms in total. The van der Waals surface area contributed by atoms with E-state index < -0.39 is 103 Å². The Labute approximate surface area is 448 Å². The third-order valence-electron chi connectivity index (χ3n) is 12.9. The van der Waals surface area contributed by atoms with E-state index in [1.165, 1.54) is 11.8 Å². The summed E-state index contributed by atoms with van der Waals surface area (Å²) >= 11 is 1.22. The molecule has 3 fully saturated rings. The Hall–Kier alpha value is -7.96. The normalized spacial score (nSPS) is 24.9. The van der Waals surface area contributed by atoms with Crippen LogP contribution in [0.3, 0.4) is 0 Å². The molecular weight excluding hydrogens is 1000 g/mol. The van der Waals surface area contributed by atoms with Crippen molar-refractivity contribution >= 4 is 41.6 Å². The highest BCUT2D eigenvalue weighted by atomic mass is 32.2. The summed E-state index contributed by atoms with van der Waals surface area (Å²) in [4.78, 5) is 71.9. The third-order valence-corrected chi connectivity index (χ3v) is 14.1. The Morgan fingerprint density at radius 1 is 0.442 bits per heavy atom. The smallest absolute Gasteiger partial charge is 0.338 e. The van der Waals surface area contributed by atoms with Gasteiger partial charge in [0, 0.05) is 16.9 Å². The number of benzene rings is 7. The molecule has 3 aliphatic rings. The Bertz CT molecular complexity index is 3050. The van der Waals surface area contributed by atoms with Crippen LogP contribution in [0.4, 0.5) is 0 Å². The molecule has 3 aliphatic heterocycles. The monoisotopic (exact) mass is 1060 g/mol. The average Bonchev–Trinajstić information content (AvgIpc) is 3.62. The maximum atomic E-state index is 14.4. The summed E-state index contributed by atoms with van der Waals surface area (Å²) < 4.78 is 65.5. The molecule has 0 radical (unpaired) electrons. The largest absolute Gasteiger partial charge is 0.459 e. The first kappa shape index (κ1) is 52.5. The first-order valence-corrected chi connectivity index (χ1v) is 25.9. The van der Waals surface area contributed by atoms with Gasteiger partial charge in [-0.25, -0.2) is 24.0 Å². The zero-order chi connectivity index (χ0) is 52.9. The lowest BCUT2D eigenvalue weighted by Crippen LogP contribution is -2.65. The molecule has 0 aromatic heterocycles. The van der Waals surface area contributed by atoms with Crippen LogP contribution in [0.25, 0.3) is 0 Å². The van der Waals surface area contributed by atoms with E-state index in [1.54, 1.807) is 152 Å². The predicted octanol–water partition coefficient (Wildman–Crippen LogP) is 9.88. The predicted molar refractivity (Wildman–Crippen MR) is 278 cm³/mol. The first-order valence-electron chi connectivity index (χ1n) is 25.0. The minimum atomic E-state index is -1.69. The molecule has 11 atom stereocenters. The van der Waals surface area contributed by atoms with E-state index in [2.05, 4.69) is 0 Å². The molecular formula is C61H52O15S. The molecule has 10 rings (SSSR count). The number of hydrogen-bond acceptors (Lipinski definition) is 16. The molecule has 7 aromatic carbocycles. The van der Waals surface area contributed by atoms with Crippen molar-refractivity contribution in [1.29, 1.82) is 0 Å². The molecule has 7 aromatic rings. The van der Waals surface area contributed by atoms with E-state index in [0.717, 1.165) is 4.90 Å². The van der Waals surface area contributed by atoms with Gasteiger partial charge >= 0.3 is 29.8 Å². The number of hydrogen-bond donors (Lipinski definition) is 0. The minimum Gasteiger partial charge on any atom is -0.459 e. The van der Waals surface area contributed by atoms with Gasteiger partial charge in [-0.15, -0.1) is 0 Å². The van der Waals surface area contributed by atoms with E-state index in [-0.39, 0.29) is 40.8 Å². The summed E-state index contributed by atoms with van der Waals surface area (Å²) in [5, 5.41) is 0. The van der Waals surface area contributed by atoms with Crippen molar-refractivity contribution in [2.24, 2.45) is 0 Å². The van der Waals surface area contributed by atoms with Gasteiger partial charge in [0.1, 0.15) is 48.7 Å². The minimum absolute atomic E-state index is 0.123. The number of fused-ring (bicyclic) bond motifs is 1. The third kappa shape index (κ3) is 13.2. The topological polar surface area (TPSA) is 178 Å². The van der Waals surface area contributed by atoms with E-state index in [9.17, 15) is 24.0 Å². The number of esters is 5. The standard InChI is InChI=1S/C61H52O15S/c62-54(39-22-8-1-9-23-39)67-37-48-50(46(69-55(63)40-24-10-2-11-25-40)36-47(70-56(64)41-26-12-3-13-27-41)61(72-48)77-45-34-20-7-21-35-45)75-60-53(74-58(66)43-30-16-5-17-31-43)52(73-57(65)42-28-14-4-15-29-42)51-49(71-60)38-68-59(76-51)44-32-18-6-19-33-44/h1-35,46-53,59-61H,36-38H2/t46?,47?,48?,49?,50-,51+,52?,53?,59?,60+,61+/m1/s1. The van der Waals surface area contributed by atoms with Crippen molar-refractivity contribution in [3.63, 3.8) is 0 Å². The van der Waals surface area contributed by atoms with Crippen LogP contribution in [-0.4, -0.2) is 104 Å². The highest BCUT2D eigenvalue weighted by molar-refractivity contribution is 7.99. The van der Waals surface area contributed by atoms with Crippen molar-refractivity contribution in [3.8, 4) is 0 Å². The molecule has 16 heteroatoms. The SMILES string of the molecule is O=C(OCC1O[C@@H](Sc2ccccc2)C(OC(=O)c2ccccc2)CC(OC(=O)c2ccccc2)[C@H]1O[C@@H]1OC2COC(c3ccccc3)O[C@@H]2C(OC(=O)c2ccccc2)C1OC(=O)c1ccccc1)c1ccccc1. The lowest BCUT2D eigenvalue weighted by Gasteiger charge is -2.49. The number of rotatable bonds is 16. The van der Waals surface area contributed by atoms with Gasteiger partial charge in [0.25, 0.3) is 0 Å². The fourth-order valence-electron chi connectivity index (χ4n) is 9.07. The van der Waals surface area contributed by atoms with Crippen molar-refractivity contribution < 1.29 is 71.3 Å². The molecule has 0 saturated carbocycles. The van der Waals surface area contributed by atoms with Gasteiger partial charge in [-0.2, -0.15) is 0 Å². The second kappa shape index (κ2) is 25.3. The van der Waals surface area contributed by atoms with Crippen molar-refractivity contribution in [3.05, 3.63) is 246 Å². The molecule has 392 valence electrons. The van der Waals surface area contributed by atoms with E-state index in [0.29, 0.717) is 5.56 Å². The first-order chi connectivity index (χ1) is 37.7. The van der Waals surface area contributed by atoms with Gasteiger partial charge in [0.2, 0.25) is 0 Å². The lowest BCUT2D eigenvalue weighted by atomic mass is 9.96. The second-order valence-corrected chi connectivity index (χ2v) is 19.3. The number of carbonyl (C=O) groups excluding carboxylic acids is 5. The van der Waals surface area contributed by atoms with Gasteiger partial charge < -0.3 is 47.4 Å². The molecule has 0 bridgehead atoms. The van der Waals surface area contributed by atoms with E-state index >= 15 is 0 Å². The Morgan fingerprint density at radius 3 is 1.38 bits per heavy atom. The molecule has 0 aliphatic carbocycles. The van der Waals surface area contributed by atoms with Crippen LogP contribution in [0.2, 0.25) is 0 Å². The Morgan fingerprint density at radius 2 is 0.870 bits per heavy atom. The van der Waals surface area contributed by atoms with E-state index in [4.69, 9.17) is 47.4 Å². The summed E-state index contributed by atoms with van der Waals surface area (Å²) in [6, 6.07) is 59.8. The summed E-state index contributed by atoms with van der Waals surface area (Å²) in [6.45, 7) is -0.643. The fraction of sp³-hybridized carbons (Fsp3) is 0.230. The molecule has 77 heavy (non-hydrogen) atoms. The van der Waals surface area contributed by atoms with Gasteiger partial charge in [-0.05, 0) is 72.8 Å². The maximum absolute atomic E-state index is 14.4. The number of thioether (sulfide) groups is 1. The summed E-state index contributed by atoms with van der Waals surface area (Å²) in [6.07, 6.45) is -13.6. The fourth-order valence-corrected chi connectivity index (χ4v) is 10.2. The molecule has 0 spiro atoms. The van der Waals surface area contributed by atoms with E-state index in [1.807, 2.05) is 60.7 Å². The highest BCUT2D eigenvalue weighted by Gasteiger charge is 2.57. The highest BCUT2D eigenvalue weighted by Crippen LogP contribution is 2.41. The summed E-state index contributed by atoms with van der Waals surface area (Å²) in [5.74, 6) is -3.79. The van der Waals surface area contributed by atoms with Crippen LogP contribution in [0, 0.1) is 0 Å². The summed E-state index contributed by atoms with van der Waals surface area (Å²) in [5.41, 5.74) is 0.589. The van der Waals surface area contributed by atoms with Crippen molar-refractivity contribution in [1.82, 2.24) is 0 Å². The molecule has 3 heterocycles.